The molecule has 174 valence electrons. The van der Waals surface area contributed by atoms with Gasteiger partial charge in [0.25, 0.3) is 5.56 Å². The summed E-state index contributed by atoms with van der Waals surface area (Å²) in [5.74, 6) is 0.627. The fraction of sp³-hybridized carbons (Fsp3) is 0.350. The molecule has 0 saturated carbocycles. The van der Waals surface area contributed by atoms with Crippen LogP contribution in [0.4, 0.5) is 5.69 Å². The first kappa shape index (κ1) is 21.8. The van der Waals surface area contributed by atoms with Gasteiger partial charge in [-0.3, -0.25) is 14.2 Å². The lowest BCUT2D eigenvalue weighted by atomic mass is 10.2. The number of fused-ring (bicyclic) bond motifs is 2. The van der Waals surface area contributed by atoms with Crippen molar-refractivity contribution in [1.82, 2.24) is 13.9 Å². The monoisotopic (exact) mass is 492 g/mol. The van der Waals surface area contributed by atoms with Crippen molar-refractivity contribution in [3.05, 3.63) is 39.8 Å². The number of aryl methyl sites for hydroxylation is 1. The number of nitrogens with one attached hydrogen (secondary N) is 1. The second-order valence-corrected chi connectivity index (χ2v) is 10.6. The van der Waals surface area contributed by atoms with Crippen LogP contribution in [0.5, 0.6) is 11.5 Å². The number of carbonyl (C=O) groups excluding carboxylic acids is 1. The lowest BCUT2D eigenvalue weighted by molar-refractivity contribution is -0.116. The van der Waals surface area contributed by atoms with Crippen molar-refractivity contribution in [2.75, 3.05) is 38.4 Å². The summed E-state index contributed by atoms with van der Waals surface area (Å²) >= 11 is 1.14. The van der Waals surface area contributed by atoms with Crippen molar-refractivity contribution >= 4 is 43.2 Å². The molecule has 0 atom stereocenters. The first-order chi connectivity index (χ1) is 15.8. The zero-order valence-electron chi connectivity index (χ0n) is 17.6. The summed E-state index contributed by atoms with van der Waals surface area (Å²) in [4.78, 5) is 30.8. The lowest BCUT2D eigenvalue weighted by Crippen LogP contribution is -2.41. The largest absolute Gasteiger partial charge is 0.454 e. The smallest absolute Gasteiger partial charge is 0.263 e. The van der Waals surface area contributed by atoms with Gasteiger partial charge in [0.2, 0.25) is 22.7 Å². The molecular weight excluding hydrogens is 472 g/mol. The molecule has 13 heteroatoms. The summed E-state index contributed by atoms with van der Waals surface area (Å²) in [5.41, 5.74) is -0.106. The topological polar surface area (TPSA) is 129 Å². The molecule has 11 nitrogen and oxygen atoms in total. The molecule has 33 heavy (non-hydrogen) atoms. The zero-order valence-corrected chi connectivity index (χ0v) is 19.2. The van der Waals surface area contributed by atoms with Gasteiger partial charge in [0.1, 0.15) is 16.3 Å². The van der Waals surface area contributed by atoms with Crippen molar-refractivity contribution in [1.29, 1.82) is 0 Å². The van der Waals surface area contributed by atoms with Gasteiger partial charge >= 0.3 is 0 Å². The minimum Gasteiger partial charge on any atom is -0.454 e. The minimum absolute atomic E-state index is 0.00220. The number of benzene rings is 1. The van der Waals surface area contributed by atoms with Crippen molar-refractivity contribution in [2.45, 2.75) is 18.4 Å². The van der Waals surface area contributed by atoms with E-state index < -0.39 is 21.5 Å². The third-order valence-corrected chi connectivity index (χ3v) is 8.55. The van der Waals surface area contributed by atoms with Crippen molar-refractivity contribution in [2.24, 2.45) is 0 Å². The Morgan fingerprint density at radius 3 is 2.76 bits per heavy atom. The number of nitrogens with zero attached hydrogens (tertiary/aromatic N) is 3. The Morgan fingerprint density at radius 1 is 1.21 bits per heavy atom. The van der Waals surface area contributed by atoms with Crippen molar-refractivity contribution in [3.8, 4) is 11.5 Å². The van der Waals surface area contributed by atoms with Gasteiger partial charge in [-0.2, -0.15) is 4.31 Å². The summed E-state index contributed by atoms with van der Waals surface area (Å²) in [6.07, 6.45) is 1.25. The third kappa shape index (κ3) is 3.97. The predicted octanol–water partition coefficient (Wildman–Crippen LogP) is 1.15. The quantitative estimate of drug-likeness (QED) is 0.562. The van der Waals surface area contributed by atoms with E-state index in [0.29, 0.717) is 40.1 Å². The molecule has 1 saturated heterocycles. The van der Waals surface area contributed by atoms with Crippen LogP contribution in [0.25, 0.3) is 10.2 Å². The highest BCUT2D eigenvalue weighted by Crippen LogP contribution is 2.34. The number of sulfonamides is 1. The highest BCUT2D eigenvalue weighted by Gasteiger charge is 2.32. The van der Waals surface area contributed by atoms with E-state index in [2.05, 4.69) is 10.3 Å². The van der Waals surface area contributed by atoms with E-state index >= 15 is 0 Å². The minimum atomic E-state index is -3.91. The summed E-state index contributed by atoms with van der Waals surface area (Å²) in [5, 5.41) is 2.70. The fourth-order valence-electron chi connectivity index (χ4n) is 3.78. The Morgan fingerprint density at radius 2 is 1.97 bits per heavy atom. The molecule has 2 aliphatic heterocycles. The second-order valence-electron chi connectivity index (χ2n) is 7.48. The van der Waals surface area contributed by atoms with Gasteiger partial charge in [-0.15, -0.1) is 11.3 Å². The molecule has 0 unspecified atom stereocenters. The van der Waals surface area contributed by atoms with Crippen LogP contribution in [-0.2, 0) is 26.1 Å². The first-order valence-electron chi connectivity index (χ1n) is 10.1. The molecular formula is C20H20N4O7S2. The van der Waals surface area contributed by atoms with Crippen molar-refractivity contribution < 1.29 is 27.4 Å². The van der Waals surface area contributed by atoms with E-state index in [1.807, 2.05) is 0 Å². The Bertz CT molecular complexity index is 1410. The molecule has 2 aliphatic rings. The molecule has 1 aromatic carbocycles. The number of anilines is 1. The average Bonchev–Trinajstić information content (AvgIpc) is 3.40. The van der Waals surface area contributed by atoms with Gasteiger partial charge in [-0.05, 0) is 19.1 Å². The Hall–Kier alpha value is -3.00. The highest BCUT2D eigenvalue weighted by molar-refractivity contribution is 7.89. The Balaban J connectivity index is 1.45. The van der Waals surface area contributed by atoms with E-state index in [4.69, 9.17) is 14.2 Å². The molecule has 0 aliphatic carbocycles. The molecule has 4 heterocycles. The molecule has 1 amide bonds. The molecule has 1 N–H and O–H groups in total. The summed E-state index contributed by atoms with van der Waals surface area (Å²) in [6.45, 7) is 2.45. The fourth-order valence-corrected chi connectivity index (χ4v) is 6.86. The standard InChI is InChI=1S/C20H20N4O7S2/c1-12-18(33(27,28)24-4-6-29-7-5-24)17-19(32-12)21-10-23(20(17)26)9-16(25)22-13-2-3-14-15(8-13)31-11-30-14/h2-3,8,10H,4-7,9,11H2,1H3,(H,22,25). The van der Waals surface area contributed by atoms with Crippen LogP contribution in [0, 0.1) is 6.92 Å². The van der Waals surface area contributed by atoms with Crippen LogP contribution in [-0.4, -0.2) is 61.3 Å². The van der Waals surface area contributed by atoms with E-state index in [9.17, 15) is 18.0 Å². The number of rotatable bonds is 5. The van der Waals surface area contributed by atoms with Crippen LogP contribution in [0.2, 0.25) is 0 Å². The first-order valence-corrected chi connectivity index (χ1v) is 12.4. The number of thiophene rings is 1. The Labute approximate surface area is 192 Å². The van der Waals surface area contributed by atoms with Gasteiger partial charge in [-0.1, -0.05) is 0 Å². The average molecular weight is 493 g/mol. The van der Waals surface area contributed by atoms with Crippen LogP contribution in [0.3, 0.4) is 0 Å². The SMILES string of the molecule is Cc1sc2ncn(CC(=O)Nc3ccc4c(c3)OCO4)c(=O)c2c1S(=O)(=O)N1CCOCC1. The normalized spacial score (nSPS) is 16.3. The van der Waals surface area contributed by atoms with E-state index in [1.165, 1.54) is 10.6 Å². The maximum Gasteiger partial charge on any atom is 0.263 e. The zero-order chi connectivity index (χ0) is 23.2. The molecule has 0 radical (unpaired) electrons. The predicted molar refractivity (Wildman–Crippen MR) is 119 cm³/mol. The summed E-state index contributed by atoms with van der Waals surface area (Å²) in [6, 6.07) is 4.96. The number of hydrogen-bond donors (Lipinski definition) is 1. The Kier molecular flexibility index (Phi) is 5.56. The maximum atomic E-state index is 13.3. The number of aromatic nitrogens is 2. The molecule has 5 rings (SSSR count). The third-order valence-electron chi connectivity index (χ3n) is 5.34. The van der Waals surface area contributed by atoms with Crippen LogP contribution in [0.1, 0.15) is 4.88 Å². The molecule has 0 spiro atoms. The van der Waals surface area contributed by atoms with Gasteiger partial charge < -0.3 is 19.5 Å². The van der Waals surface area contributed by atoms with E-state index in [1.54, 1.807) is 25.1 Å². The van der Waals surface area contributed by atoms with E-state index in [-0.39, 0.29) is 36.7 Å². The second kappa shape index (κ2) is 8.41. The van der Waals surface area contributed by atoms with Gasteiger partial charge in [0.05, 0.1) is 24.9 Å². The number of carbonyl (C=O) groups is 1. The van der Waals surface area contributed by atoms with Gasteiger partial charge in [0.15, 0.2) is 11.5 Å². The van der Waals surface area contributed by atoms with Gasteiger partial charge in [-0.25, -0.2) is 13.4 Å². The number of ether oxygens (including phenoxy) is 3. The molecule has 3 aromatic rings. The number of amides is 1. The number of morpholine rings is 1. The van der Waals surface area contributed by atoms with E-state index in [0.717, 1.165) is 15.9 Å². The number of hydrogen-bond acceptors (Lipinski definition) is 9. The van der Waals surface area contributed by atoms with Crippen LogP contribution in [0.15, 0.2) is 34.2 Å². The molecule has 1 fully saturated rings. The van der Waals surface area contributed by atoms with Crippen LogP contribution >= 0.6 is 11.3 Å². The maximum absolute atomic E-state index is 13.3. The molecule has 0 bridgehead atoms. The lowest BCUT2D eigenvalue weighted by Gasteiger charge is -2.26. The van der Waals surface area contributed by atoms with Gasteiger partial charge in [0, 0.05) is 29.7 Å². The summed E-state index contributed by atoms with van der Waals surface area (Å²) in [7, 11) is -3.91. The van der Waals surface area contributed by atoms with Crippen molar-refractivity contribution in [3.63, 3.8) is 0 Å². The highest BCUT2D eigenvalue weighted by atomic mass is 32.2. The molecule has 2 aromatic heterocycles. The summed E-state index contributed by atoms with van der Waals surface area (Å²) < 4.78 is 44.8. The van der Waals surface area contributed by atoms with Crippen LogP contribution < -0.4 is 20.3 Å².